The van der Waals surface area contributed by atoms with Gasteiger partial charge in [-0.15, -0.1) is 0 Å². The number of fused-ring (bicyclic) bond motifs is 2. The van der Waals surface area contributed by atoms with Crippen LogP contribution >= 0.6 is 0 Å². The van der Waals surface area contributed by atoms with Crippen molar-refractivity contribution < 1.29 is 9.53 Å². The molecule has 0 bridgehead atoms. The molecule has 1 aliphatic rings. The lowest BCUT2D eigenvalue weighted by molar-refractivity contribution is -0.120. The number of hydrogen-bond acceptors (Lipinski definition) is 2. The number of ether oxygens (including phenoxy) is 1. The summed E-state index contributed by atoms with van der Waals surface area (Å²) in [6, 6.07) is 24.2. The highest BCUT2D eigenvalue weighted by atomic mass is 16.5. The van der Waals surface area contributed by atoms with Gasteiger partial charge >= 0.3 is 0 Å². The molecule has 3 aromatic carbocycles. The fraction of sp³-hybridized carbons (Fsp3) is 0.160. The molecule has 1 atom stereocenters. The molecular formula is C25H22N2O2. The van der Waals surface area contributed by atoms with Crippen LogP contribution in [0.25, 0.3) is 10.9 Å². The lowest BCUT2D eigenvalue weighted by Crippen LogP contribution is -2.40. The van der Waals surface area contributed by atoms with Crippen molar-refractivity contribution in [1.82, 2.24) is 4.57 Å². The zero-order valence-electron chi connectivity index (χ0n) is 16.7. The van der Waals surface area contributed by atoms with E-state index in [1.54, 1.807) is 12.0 Å². The fourth-order valence-corrected chi connectivity index (χ4v) is 4.73. The van der Waals surface area contributed by atoms with Crippen molar-refractivity contribution in [3.8, 4) is 5.75 Å². The zero-order chi connectivity index (χ0) is 20.2. The van der Waals surface area contributed by atoms with Gasteiger partial charge in [-0.3, -0.25) is 4.79 Å². The molecule has 0 radical (unpaired) electrons. The molecule has 144 valence electrons. The summed E-state index contributed by atoms with van der Waals surface area (Å²) in [6.07, 6.45) is 2.10. The summed E-state index contributed by atoms with van der Waals surface area (Å²) in [4.78, 5) is 15.8. The van der Waals surface area contributed by atoms with Crippen LogP contribution in [-0.2, 0) is 17.3 Å². The van der Waals surface area contributed by atoms with Gasteiger partial charge in [-0.2, -0.15) is 0 Å². The third kappa shape index (κ3) is 2.23. The van der Waals surface area contributed by atoms with Gasteiger partial charge in [0.25, 0.3) is 0 Å². The van der Waals surface area contributed by atoms with Crippen LogP contribution in [0.3, 0.4) is 0 Å². The standard InChI is InChI=1S/C25H22N2O2/c1-26-16-21(19-11-7-8-12-22(19)26)25(17-9-5-4-6-10-17)20-14-13-18(29-3)15-23(20)27(2)24(25)28/h4-16H,1-3H3. The number of hydrogen-bond donors (Lipinski definition) is 0. The summed E-state index contributed by atoms with van der Waals surface area (Å²) in [5, 5.41) is 1.09. The van der Waals surface area contributed by atoms with Crippen molar-refractivity contribution >= 4 is 22.5 Å². The number of amides is 1. The molecule has 29 heavy (non-hydrogen) atoms. The molecule has 1 aromatic heterocycles. The minimum absolute atomic E-state index is 0.0447. The van der Waals surface area contributed by atoms with Crippen molar-refractivity contribution in [3.63, 3.8) is 0 Å². The Labute approximate surface area is 170 Å². The van der Waals surface area contributed by atoms with Crippen molar-refractivity contribution in [2.75, 3.05) is 19.1 Å². The van der Waals surface area contributed by atoms with Crippen LogP contribution in [-0.4, -0.2) is 24.6 Å². The van der Waals surface area contributed by atoms with E-state index in [1.807, 2.05) is 74.8 Å². The number of carbonyl (C=O) groups is 1. The fourth-order valence-electron chi connectivity index (χ4n) is 4.73. The maximum atomic E-state index is 14.0. The summed E-state index contributed by atoms with van der Waals surface area (Å²) < 4.78 is 7.54. The third-order valence-corrected chi connectivity index (χ3v) is 6.10. The monoisotopic (exact) mass is 382 g/mol. The minimum atomic E-state index is -0.904. The summed E-state index contributed by atoms with van der Waals surface area (Å²) in [7, 11) is 5.52. The van der Waals surface area contributed by atoms with E-state index >= 15 is 0 Å². The van der Waals surface area contributed by atoms with Gasteiger partial charge in [0.05, 0.1) is 12.8 Å². The molecule has 1 unspecified atom stereocenters. The maximum absolute atomic E-state index is 14.0. The first-order chi connectivity index (χ1) is 14.1. The van der Waals surface area contributed by atoms with Crippen molar-refractivity contribution in [2.45, 2.75) is 5.41 Å². The molecular weight excluding hydrogens is 360 g/mol. The second kappa shape index (κ2) is 6.24. The third-order valence-electron chi connectivity index (χ3n) is 6.10. The summed E-state index contributed by atoms with van der Waals surface area (Å²) in [6.45, 7) is 0. The predicted molar refractivity (Wildman–Crippen MR) is 116 cm³/mol. The van der Waals surface area contributed by atoms with Crippen molar-refractivity contribution in [3.05, 3.63) is 95.7 Å². The van der Waals surface area contributed by atoms with Gasteiger partial charge in [0, 0.05) is 48.4 Å². The van der Waals surface area contributed by atoms with Crippen LogP contribution in [0.1, 0.15) is 16.7 Å². The van der Waals surface area contributed by atoms with Crippen molar-refractivity contribution in [2.24, 2.45) is 7.05 Å². The molecule has 1 amide bonds. The highest BCUT2D eigenvalue weighted by Crippen LogP contribution is 2.52. The number of anilines is 1. The van der Waals surface area contributed by atoms with E-state index in [1.165, 1.54) is 0 Å². The second-order valence-electron chi connectivity index (χ2n) is 7.53. The maximum Gasteiger partial charge on any atom is 0.246 e. The Morgan fingerprint density at radius 3 is 2.34 bits per heavy atom. The van der Waals surface area contributed by atoms with E-state index in [4.69, 9.17) is 4.74 Å². The lowest BCUT2D eigenvalue weighted by atomic mass is 9.70. The molecule has 0 N–H and O–H groups in total. The van der Waals surface area contributed by atoms with E-state index in [9.17, 15) is 4.79 Å². The smallest absolute Gasteiger partial charge is 0.246 e. The van der Waals surface area contributed by atoms with E-state index in [0.717, 1.165) is 39.0 Å². The van der Waals surface area contributed by atoms with Crippen LogP contribution in [0.15, 0.2) is 79.0 Å². The number of likely N-dealkylation sites (N-methyl/N-ethyl adjacent to an activating group) is 1. The van der Waals surface area contributed by atoms with Crippen LogP contribution < -0.4 is 9.64 Å². The minimum Gasteiger partial charge on any atom is -0.497 e. The average molecular weight is 382 g/mol. The Balaban J connectivity index is 1.94. The van der Waals surface area contributed by atoms with E-state index in [0.29, 0.717) is 0 Å². The largest absolute Gasteiger partial charge is 0.497 e. The molecule has 0 fully saturated rings. The number of carbonyl (C=O) groups excluding carboxylic acids is 1. The molecule has 0 spiro atoms. The highest BCUT2D eigenvalue weighted by molar-refractivity contribution is 6.14. The molecule has 0 saturated carbocycles. The number of benzene rings is 3. The lowest BCUT2D eigenvalue weighted by Gasteiger charge is -2.29. The molecule has 0 saturated heterocycles. The van der Waals surface area contributed by atoms with Gasteiger partial charge in [0.15, 0.2) is 0 Å². The Hall–Kier alpha value is -3.53. The number of aromatic nitrogens is 1. The first-order valence-corrected chi connectivity index (χ1v) is 9.65. The average Bonchev–Trinajstić information content (AvgIpc) is 3.22. The van der Waals surface area contributed by atoms with Crippen molar-refractivity contribution in [1.29, 1.82) is 0 Å². The predicted octanol–water partition coefficient (Wildman–Crippen LogP) is 4.50. The van der Waals surface area contributed by atoms with Crippen LogP contribution in [0, 0.1) is 0 Å². The summed E-state index contributed by atoms with van der Waals surface area (Å²) >= 11 is 0. The van der Waals surface area contributed by atoms with Crippen LogP contribution in [0.2, 0.25) is 0 Å². The van der Waals surface area contributed by atoms with Gasteiger partial charge in [-0.05, 0) is 17.7 Å². The van der Waals surface area contributed by atoms with Gasteiger partial charge in [-0.25, -0.2) is 0 Å². The van der Waals surface area contributed by atoms with Gasteiger partial charge in [-0.1, -0.05) is 54.6 Å². The molecule has 5 rings (SSSR count). The number of rotatable bonds is 3. The van der Waals surface area contributed by atoms with Gasteiger partial charge < -0.3 is 14.2 Å². The Morgan fingerprint density at radius 2 is 1.59 bits per heavy atom. The summed E-state index contributed by atoms with van der Waals surface area (Å²) in [5.74, 6) is 0.786. The molecule has 0 aliphatic carbocycles. The molecule has 1 aliphatic heterocycles. The Kier molecular flexibility index (Phi) is 3.78. The zero-order valence-corrected chi connectivity index (χ0v) is 16.7. The molecule has 2 heterocycles. The number of methoxy groups -OCH3 is 1. The van der Waals surface area contributed by atoms with Crippen LogP contribution in [0.4, 0.5) is 5.69 Å². The van der Waals surface area contributed by atoms with E-state index < -0.39 is 5.41 Å². The molecule has 4 aromatic rings. The number of para-hydroxylation sites is 1. The first-order valence-electron chi connectivity index (χ1n) is 9.65. The quantitative estimate of drug-likeness (QED) is 0.523. The van der Waals surface area contributed by atoms with Crippen LogP contribution in [0.5, 0.6) is 5.75 Å². The Bertz CT molecular complexity index is 1240. The number of aryl methyl sites for hydroxylation is 1. The normalized spacial score (nSPS) is 18.3. The Morgan fingerprint density at radius 1 is 0.862 bits per heavy atom. The van der Waals surface area contributed by atoms with Gasteiger partial charge in [0.1, 0.15) is 11.2 Å². The first kappa shape index (κ1) is 17.6. The molecule has 4 nitrogen and oxygen atoms in total. The van der Waals surface area contributed by atoms with E-state index in [2.05, 4.69) is 22.9 Å². The number of nitrogens with zero attached hydrogens (tertiary/aromatic N) is 2. The second-order valence-corrected chi connectivity index (χ2v) is 7.53. The molecule has 4 heteroatoms. The SMILES string of the molecule is COc1ccc2c(c1)N(C)C(=O)C2(c1ccccc1)c1cn(C)c2ccccc12. The van der Waals surface area contributed by atoms with E-state index in [-0.39, 0.29) is 5.91 Å². The summed E-state index contributed by atoms with van der Waals surface area (Å²) in [5.41, 5.74) is 4.03. The van der Waals surface area contributed by atoms with Gasteiger partial charge in [0.2, 0.25) is 5.91 Å². The highest BCUT2D eigenvalue weighted by Gasteiger charge is 2.53. The topological polar surface area (TPSA) is 34.5 Å².